The Bertz CT molecular complexity index is 727. The third kappa shape index (κ3) is 11.2. The van der Waals surface area contributed by atoms with E-state index >= 15 is 0 Å². The van der Waals surface area contributed by atoms with Gasteiger partial charge >= 0.3 is 49.7 Å². The maximum atomic E-state index is 10.8. The Balaban J connectivity index is -0.000000608. The van der Waals surface area contributed by atoms with Crippen LogP contribution in [0.1, 0.15) is 0 Å². The van der Waals surface area contributed by atoms with Crippen LogP contribution in [-0.2, 0) is 28.7 Å². The Labute approximate surface area is 237 Å². The van der Waals surface area contributed by atoms with Gasteiger partial charge in [-0.05, 0) is 0 Å². The molecular weight excluding hydrogens is 544 g/mol. The number of aliphatic hydroxyl groups is 10. The van der Waals surface area contributed by atoms with E-state index in [0.717, 1.165) is 0 Å². The van der Waals surface area contributed by atoms with Gasteiger partial charge in [0.05, 0.1) is 13.2 Å². The summed E-state index contributed by atoms with van der Waals surface area (Å²) in [5.41, 5.74) is 0. The Morgan fingerprint density at radius 2 is 0.946 bits per heavy atom. The fourth-order valence-electron chi connectivity index (χ4n) is 1.94. The van der Waals surface area contributed by atoms with E-state index in [-0.39, 0.29) is 37.7 Å². The number of carboxylic acids is 2. The van der Waals surface area contributed by atoms with E-state index in [9.17, 15) is 60.0 Å². The van der Waals surface area contributed by atoms with Gasteiger partial charge in [-0.2, -0.15) is 0 Å². The third-order valence-corrected chi connectivity index (χ3v) is 4.04. The van der Waals surface area contributed by atoms with E-state index in [4.69, 9.17) is 20.4 Å². The fraction of sp³-hybridized carbons (Fsp3) is 0.556. The Morgan fingerprint density at radius 3 is 1.11 bits per heavy atom. The van der Waals surface area contributed by atoms with Crippen molar-refractivity contribution >= 4 is 61.6 Å². The standard InChI is InChI=1S/2C9H14O9.Ca/c2*1-2-5(12)18-9(17,8(15)16)7(14)6(13)4(11)3-10;/h2*2,4,6-7,10-11,13-14,17H,1,3H2,(H,15,16);/q;;+2/p-2/t2*4-,6-,7+,9+;/m11./s1. The van der Waals surface area contributed by atoms with Crippen LogP contribution < -0.4 is 10.2 Å². The molecule has 19 heteroatoms. The van der Waals surface area contributed by atoms with Crippen molar-refractivity contribution < 1.29 is 89.9 Å². The fourth-order valence-corrected chi connectivity index (χ4v) is 1.94. The van der Waals surface area contributed by atoms with Gasteiger partial charge in [0.25, 0.3) is 11.6 Å². The minimum atomic E-state index is -3.60. The molecule has 0 bridgehead atoms. The van der Waals surface area contributed by atoms with Gasteiger partial charge in [-0.15, -0.1) is 0 Å². The molecule has 0 aliphatic rings. The van der Waals surface area contributed by atoms with Crippen LogP contribution in [0.15, 0.2) is 25.3 Å². The Kier molecular flexibility index (Phi) is 19.0. The predicted molar refractivity (Wildman–Crippen MR) is 108 cm³/mol. The SMILES string of the molecule is C=CC(=O)O[C@](O)(C(=O)[O-])[C@@H](O)[C@H](O)[C@H](O)CO.C=CC(=O)O[C@](O)(C(=O)[O-])[C@@H](O)[C@H](O)[C@H](O)CO.[Ca+2]. The van der Waals surface area contributed by atoms with E-state index in [0.29, 0.717) is 12.2 Å². The zero-order valence-electron chi connectivity index (χ0n) is 18.9. The summed E-state index contributed by atoms with van der Waals surface area (Å²) in [4.78, 5) is 42.9. The number of hydrogen-bond donors (Lipinski definition) is 10. The van der Waals surface area contributed by atoms with Gasteiger partial charge in [-0.25, -0.2) is 9.59 Å². The largest absolute Gasteiger partial charge is 2.00 e. The van der Waals surface area contributed by atoms with Crippen LogP contribution in [0.5, 0.6) is 0 Å². The number of aliphatic hydroxyl groups excluding tert-OH is 8. The molecule has 0 aromatic carbocycles. The van der Waals surface area contributed by atoms with Crippen molar-refractivity contribution in [3.05, 3.63) is 25.3 Å². The van der Waals surface area contributed by atoms with Crippen molar-refractivity contribution in [3.63, 3.8) is 0 Å². The maximum Gasteiger partial charge on any atom is 2.00 e. The zero-order chi connectivity index (χ0) is 29.0. The molecule has 0 saturated heterocycles. The number of rotatable bonds is 14. The number of esters is 2. The molecule has 0 heterocycles. The normalized spacial score (nSPS) is 18.6. The van der Waals surface area contributed by atoms with Crippen molar-refractivity contribution in [3.8, 4) is 0 Å². The molecule has 0 spiro atoms. The third-order valence-electron chi connectivity index (χ3n) is 4.04. The van der Waals surface area contributed by atoms with Crippen molar-refractivity contribution in [2.75, 3.05) is 13.2 Å². The first-order valence-corrected chi connectivity index (χ1v) is 9.29. The average molecular weight is 570 g/mol. The van der Waals surface area contributed by atoms with Gasteiger partial charge in [0.2, 0.25) is 0 Å². The Morgan fingerprint density at radius 1 is 0.703 bits per heavy atom. The van der Waals surface area contributed by atoms with E-state index in [1.807, 2.05) is 0 Å². The zero-order valence-corrected chi connectivity index (χ0v) is 21.1. The second-order valence-corrected chi connectivity index (χ2v) is 6.59. The van der Waals surface area contributed by atoms with Crippen LogP contribution in [-0.4, -0.2) is 174 Å². The van der Waals surface area contributed by atoms with Crippen molar-refractivity contribution in [1.82, 2.24) is 0 Å². The van der Waals surface area contributed by atoms with Gasteiger partial charge < -0.3 is 80.3 Å². The molecule has 0 aliphatic heterocycles. The molecule has 18 nitrogen and oxygen atoms in total. The van der Waals surface area contributed by atoms with E-state index in [2.05, 4.69) is 22.6 Å². The van der Waals surface area contributed by atoms with Crippen LogP contribution in [0.4, 0.5) is 0 Å². The van der Waals surface area contributed by atoms with E-state index in [1.54, 1.807) is 0 Å². The molecule has 0 saturated carbocycles. The summed E-state index contributed by atoms with van der Waals surface area (Å²) in [7, 11) is 0. The summed E-state index contributed by atoms with van der Waals surface area (Å²) < 4.78 is 7.92. The smallest absolute Gasteiger partial charge is 0.543 e. The van der Waals surface area contributed by atoms with Gasteiger partial charge in [-0.3, -0.25) is 0 Å². The van der Waals surface area contributed by atoms with Crippen molar-refractivity contribution in [2.24, 2.45) is 0 Å². The minimum Gasteiger partial charge on any atom is -0.543 e. The number of hydrogen-bond acceptors (Lipinski definition) is 18. The second-order valence-electron chi connectivity index (χ2n) is 6.59. The first-order valence-electron chi connectivity index (χ1n) is 9.29. The van der Waals surface area contributed by atoms with E-state index < -0.39 is 85.3 Å². The molecule has 0 amide bonds. The molecule has 0 unspecified atom stereocenters. The van der Waals surface area contributed by atoms with Crippen LogP contribution >= 0.6 is 0 Å². The summed E-state index contributed by atoms with van der Waals surface area (Å²) in [6, 6.07) is 0. The van der Waals surface area contributed by atoms with Crippen LogP contribution in [0.3, 0.4) is 0 Å². The van der Waals surface area contributed by atoms with Gasteiger partial charge in [-0.1, -0.05) is 13.2 Å². The molecule has 208 valence electrons. The maximum absolute atomic E-state index is 10.8. The molecule has 0 rings (SSSR count). The molecule has 0 fully saturated rings. The minimum absolute atomic E-state index is 0. The molecule has 0 aliphatic carbocycles. The van der Waals surface area contributed by atoms with Gasteiger partial charge in [0.15, 0.2) is 12.2 Å². The second kappa shape index (κ2) is 17.7. The predicted octanol–water partition coefficient (Wildman–Crippen LogP) is -9.92. The van der Waals surface area contributed by atoms with Gasteiger partial charge in [0.1, 0.15) is 36.4 Å². The summed E-state index contributed by atoms with van der Waals surface area (Å²) in [6.07, 6.45) is -12.8. The summed E-state index contributed by atoms with van der Waals surface area (Å²) >= 11 is 0. The molecule has 0 aromatic heterocycles. The van der Waals surface area contributed by atoms with Gasteiger partial charge in [0, 0.05) is 12.2 Å². The number of carboxylic acid groups (broad SMARTS) is 2. The average Bonchev–Trinajstić information content (AvgIpc) is 2.85. The molecule has 37 heavy (non-hydrogen) atoms. The van der Waals surface area contributed by atoms with E-state index in [1.165, 1.54) is 0 Å². The number of carbonyl (C=O) groups excluding carboxylic acids is 4. The summed E-state index contributed by atoms with van der Waals surface area (Å²) in [5, 5.41) is 112. The molecular formula is C18H26CaO18. The molecule has 0 aromatic rings. The Hall–Kier alpha value is -1.78. The van der Waals surface area contributed by atoms with Crippen molar-refractivity contribution in [1.29, 1.82) is 0 Å². The quantitative estimate of drug-likeness (QED) is 0.0401. The van der Waals surface area contributed by atoms with Crippen LogP contribution in [0, 0.1) is 0 Å². The first kappa shape index (κ1) is 39.7. The number of ether oxygens (including phenoxy) is 2. The van der Waals surface area contributed by atoms with Crippen LogP contribution in [0.25, 0.3) is 0 Å². The van der Waals surface area contributed by atoms with Crippen LogP contribution in [0.2, 0.25) is 0 Å². The topological polar surface area (TPSA) is 335 Å². The molecule has 10 N–H and O–H groups in total. The van der Waals surface area contributed by atoms with Crippen molar-refractivity contribution in [2.45, 2.75) is 48.2 Å². The molecule has 8 atom stereocenters. The first-order chi connectivity index (χ1) is 16.4. The number of carbonyl (C=O) groups is 4. The molecule has 0 radical (unpaired) electrons. The monoisotopic (exact) mass is 570 g/mol. The summed E-state index contributed by atoms with van der Waals surface area (Å²) in [5.74, 6) is -14.9. The number of aliphatic carboxylic acids is 2. The summed E-state index contributed by atoms with van der Waals surface area (Å²) in [6.45, 7) is 3.79.